The Morgan fingerprint density at radius 1 is 1.40 bits per heavy atom. The number of hydrogen-bond donors (Lipinski definition) is 1. The van der Waals surface area contributed by atoms with E-state index in [1.807, 2.05) is 0 Å². The second kappa shape index (κ2) is 4.68. The summed E-state index contributed by atoms with van der Waals surface area (Å²) in [6.07, 6.45) is 0.972. The fourth-order valence-corrected chi connectivity index (χ4v) is 1.78. The van der Waals surface area contributed by atoms with Crippen molar-refractivity contribution in [1.82, 2.24) is 10.2 Å². The average molecular weight is 229 g/mol. The van der Waals surface area contributed by atoms with Gasteiger partial charge in [0.1, 0.15) is 0 Å². The second-order valence-corrected chi connectivity index (χ2v) is 3.87. The SMILES string of the molecule is O=C(c1ccc(Cl)o1)N1CCCNCC1. The second-order valence-electron chi connectivity index (χ2n) is 3.50. The lowest BCUT2D eigenvalue weighted by molar-refractivity contribution is 0.0734. The minimum Gasteiger partial charge on any atom is -0.440 e. The van der Waals surface area contributed by atoms with E-state index in [4.69, 9.17) is 16.0 Å². The molecule has 82 valence electrons. The van der Waals surface area contributed by atoms with E-state index in [0.29, 0.717) is 5.76 Å². The van der Waals surface area contributed by atoms with Gasteiger partial charge in [-0.1, -0.05) is 0 Å². The van der Waals surface area contributed by atoms with Crippen LogP contribution in [0.2, 0.25) is 5.22 Å². The lowest BCUT2D eigenvalue weighted by atomic mass is 10.3. The van der Waals surface area contributed by atoms with Crippen LogP contribution in [0.1, 0.15) is 17.0 Å². The van der Waals surface area contributed by atoms with E-state index in [9.17, 15) is 4.79 Å². The van der Waals surface area contributed by atoms with E-state index in [2.05, 4.69) is 5.32 Å². The number of carbonyl (C=O) groups is 1. The largest absolute Gasteiger partial charge is 0.440 e. The van der Waals surface area contributed by atoms with E-state index in [1.165, 1.54) is 0 Å². The van der Waals surface area contributed by atoms with E-state index >= 15 is 0 Å². The molecule has 1 aliphatic rings. The highest BCUT2D eigenvalue weighted by atomic mass is 35.5. The zero-order chi connectivity index (χ0) is 10.7. The Morgan fingerprint density at radius 2 is 2.27 bits per heavy atom. The summed E-state index contributed by atoms with van der Waals surface area (Å²) in [6, 6.07) is 3.20. The minimum absolute atomic E-state index is 0.0781. The van der Waals surface area contributed by atoms with Crippen molar-refractivity contribution < 1.29 is 9.21 Å². The van der Waals surface area contributed by atoms with Crippen LogP contribution in [0.5, 0.6) is 0 Å². The standard InChI is InChI=1S/C10H13ClN2O2/c11-9-3-2-8(15-9)10(14)13-6-1-4-12-5-7-13/h2-3,12H,1,4-7H2. The van der Waals surface area contributed by atoms with Gasteiger partial charge < -0.3 is 14.6 Å². The topological polar surface area (TPSA) is 45.5 Å². The first-order valence-electron chi connectivity index (χ1n) is 5.03. The highest BCUT2D eigenvalue weighted by Crippen LogP contribution is 2.15. The average Bonchev–Trinajstić information content (AvgIpc) is 2.53. The number of rotatable bonds is 1. The Bertz CT molecular complexity index is 343. The molecule has 1 saturated heterocycles. The van der Waals surface area contributed by atoms with Gasteiger partial charge in [-0.25, -0.2) is 0 Å². The first kappa shape index (κ1) is 10.5. The van der Waals surface area contributed by atoms with Crippen LogP contribution in [0.25, 0.3) is 0 Å². The van der Waals surface area contributed by atoms with Gasteiger partial charge in [-0.15, -0.1) is 0 Å². The van der Waals surface area contributed by atoms with Gasteiger partial charge in [0.05, 0.1) is 0 Å². The van der Waals surface area contributed by atoms with Crippen LogP contribution in [-0.4, -0.2) is 37.0 Å². The van der Waals surface area contributed by atoms with Gasteiger partial charge >= 0.3 is 0 Å². The van der Waals surface area contributed by atoms with Gasteiger partial charge in [0.15, 0.2) is 11.0 Å². The van der Waals surface area contributed by atoms with E-state index in [-0.39, 0.29) is 11.1 Å². The number of amides is 1. The van der Waals surface area contributed by atoms with Crippen LogP contribution >= 0.6 is 11.6 Å². The molecule has 4 nitrogen and oxygen atoms in total. The third-order valence-corrected chi connectivity index (χ3v) is 2.61. The van der Waals surface area contributed by atoms with Crippen molar-refractivity contribution in [2.45, 2.75) is 6.42 Å². The maximum Gasteiger partial charge on any atom is 0.289 e. The molecule has 5 heteroatoms. The molecular formula is C10H13ClN2O2. The van der Waals surface area contributed by atoms with Crippen LogP contribution in [0, 0.1) is 0 Å². The first-order chi connectivity index (χ1) is 7.27. The molecule has 15 heavy (non-hydrogen) atoms. The summed E-state index contributed by atoms with van der Waals surface area (Å²) in [6.45, 7) is 3.28. The van der Waals surface area contributed by atoms with Crippen LogP contribution < -0.4 is 5.32 Å². The summed E-state index contributed by atoms with van der Waals surface area (Å²) < 4.78 is 5.09. The summed E-state index contributed by atoms with van der Waals surface area (Å²) in [7, 11) is 0. The van der Waals surface area contributed by atoms with E-state index in [0.717, 1.165) is 32.6 Å². The van der Waals surface area contributed by atoms with Crippen LogP contribution in [0.4, 0.5) is 0 Å². The van der Waals surface area contributed by atoms with Gasteiger partial charge in [-0.2, -0.15) is 0 Å². The van der Waals surface area contributed by atoms with Crippen LogP contribution in [0.15, 0.2) is 16.5 Å². The van der Waals surface area contributed by atoms with Gasteiger partial charge in [0.2, 0.25) is 0 Å². The Labute approximate surface area is 93.2 Å². The van der Waals surface area contributed by atoms with E-state index in [1.54, 1.807) is 17.0 Å². The molecular weight excluding hydrogens is 216 g/mol. The molecule has 1 N–H and O–H groups in total. The van der Waals surface area contributed by atoms with Gasteiger partial charge in [-0.3, -0.25) is 4.79 Å². The number of carbonyl (C=O) groups excluding carboxylic acids is 1. The summed E-state index contributed by atoms with van der Waals surface area (Å²) in [4.78, 5) is 13.7. The van der Waals surface area contributed by atoms with Crippen LogP contribution in [0.3, 0.4) is 0 Å². The third-order valence-electron chi connectivity index (χ3n) is 2.41. The molecule has 1 amide bonds. The highest BCUT2D eigenvalue weighted by molar-refractivity contribution is 6.29. The lowest BCUT2D eigenvalue weighted by Gasteiger charge is -2.18. The molecule has 0 saturated carbocycles. The summed E-state index contributed by atoms with van der Waals surface area (Å²) >= 11 is 5.63. The molecule has 2 rings (SSSR count). The molecule has 0 atom stereocenters. The monoisotopic (exact) mass is 228 g/mol. The van der Waals surface area contributed by atoms with Crippen molar-refractivity contribution in [3.8, 4) is 0 Å². The summed E-state index contributed by atoms with van der Waals surface area (Å²) in [5, 5.41) is 3.49. The smallest absolute Gasteiger partial charge is 0.289 e. The Kier molecular flexibility index (Phi) is 3.28. The Morgan fingerprint density at radius 3 is 3.00 bits per heavy atom. The molecule has 1 fully saturated rings. The lowest BCUT2D eigenvalue weighted by Crippen LogP contribution is -2.33. The van der Waals surface area contributed by atoms with Gasteiger partial charge in [-0.05, 0) is 36.7 Å². The van der Waals surface area contributed by atoms with E-state index < -0.39 is 0 Å². The summed E-state index contributed by atoms with van der Waals surface area (Å²) in [5.41, 5.74) is 0. The fourth-order valence-electron chi connectivity index (χ4n) is 1.63. The molecule has 0 unspecified atom stereocenters. The number of halogens is 1. The maximum absolute atomic E-state index is 11.9. The number of nitrogens with zero attached hydrogens (tertiary/aromatic N) is 1. The van der Waals surface area contributed by atoms with Gasteiger partial charge in [0.25, 0.3) is 5.91 Å². The quantitative estimate of drug-likeness (QED) is 0.790. The molecule has 2 heterocycles. The molecule has 1 aliphatic heterocycles. The predicted molar refractivity (Wildman–Crippen MR) is 57.1 cm³/mol. The van der Waals surface area contributed by atoms with Crippen molar-refractivity contribution in [1.29, 1.82) is 0 Å². The molecule has 0 aromatic carbocycles. The number of hydrogen-bond acceptors (Lipinski definition) is 3. The molecule has 1 aromatic heterocycles. The molecule has 0 aliphatic carbocycles. The Balaban J connectivity index is 2.06. The number of furan rings is 1. The minimum atomic E-state index is -0.0781. The number of nitrogens with one attached hydrogen (secondary N) is 1. The van der Waals surface area contributed by atoms with Crippen molar-refractivity contribution >= 4 is 17.5 Å². The fraction of sp³-hybridized carbons (Fsp3) is 0.500. The summed E-state index contributed by atoms with van der Waals surface area (Å²) in [5.74, 6) is 0.243. The van der Waals surface area contributed by atoms with Crippen molar-refractivity contribution in [2.24, 2.45) is 0 Å². The molecule has 1 aromatic rings. The molecule has 0 radical (unpaired) electrons. The van der Waals surface area contributed by atoms with Gasteiger partial charge in [0, 0.05) is 19.6 Å². The first-order valence-corrected chi connectivity index (χ1v) is 5.40. The molecule has 0 bridgehead atoms. The highest BCUT2D eigenvalue weighted by Gasteiger charge is 2.19. The Hall–Kier alpha value is -1.00. The van der Waals surface area contributed by atoms with Crippen LogP contribution in [-0.2, 0) is 0 Å². The zero-order valence-corrected chi connectivity index (χ0v) is 9.09. The van der Waals surface area contributed by atoms with Crippen molar-refractivity contribution in [3.63, 3.8) is 0 Å². The zero-order valence-electron chi connectivity index (χ0n) is 8.33. The van der Waals surface area contributed by atoms with Crippen molar-refractivity contribution in [2.75, 3.05) is 26.2 Å². The predicted octanol–water partition coefficient (Wildman–Crippen LogP) is 1.37. The molecule has 0 spiro atoms. The van der Waals surface area contributed by atoms with Crippen molar-refractivity contribution in [3.05, 3.63) is 23.1 Å². The maximum atomic E-state index is 11.9. The third kappa shape index (κ3) is 2.52. The normalized spacial score (nSPS) is 17.5.